The van der Waals surface area contributed by atoms with Gasteiger partial charge in [0.1, 0.15) is 0 Å². The number of carbonyl (C=O) groups excluding carboxylic acids is 1. The Morgan fingerprint density at radius 1 is 1.32 bits per heavy atom. The number of anilines is 1. The Morgan fingerprint density at radius 3 is 2.76 bits per heavy atom. The molecule has 0 unspecified atom stereocenters. The lowest BCUT2D eigenvalue weighted by atomic mass is 9.71. The molecular formula is C19H26N4OS. The number of para-hydroxylation sites is 1. The van der Waals surface area contributed by atoms with Gasteiger partial charge in [0.25, 0.3) is 0 Å². The van der Waals surface area contributed by atoms with Crippen LogP contribution in [0.15, 0.2) is 46.7 Å². The molecular weight excluding hydrogens is 332 g/mol. The van der Waals surface area contributed by atoms with Gasteiger partial charge in [-0.05, 0) is 48.7 Å². The van der Waals surface area contributed by atoms with Crippen LogP contribution in [0.3, 0.4) is 0 Å². The van der Waals surface area contributed by atoms with E-state index in [1.807, 2.05) is 42.1 Å². The number of aromatic nitrogens is 2. The third-order valence-corrected chi connectivity index (χ3v) is 6.17. The fourth-order valence-corrected chi connectivity index (χ4v) is 4.39. The highest BCUT2D eigenvalue weighted by Gasteiger charge is 2.33. The van der Waals surface area contributed by atoms with E-state index in [9.17, 15) is 4.79 Å². The van der Waals surface area contributed by atoms with Crippen molar-refractivity contribution in [2.75, 3.05) is 11.9 Å². The van der Waals surface area contributed by atoms with Crippen LogP contribution in [0, 0.1) is 5.41 Å². The first-order chi connectivity index (χ1) is 12.1. The van der Waals surface area contributed by atoms with Gasteiger partial charge in [-0.25, -0.2) is 4.98 Å². The Labute approximate surface area is 153 Å². The van der Waals surface area contributed by atoms with Crippen LogP contribution >= 0.6 is 11.8 Å². The van der Waals surface area contributed by atoms with Crippen LogP contribution in [0.2, 0.25) is 0 Å². The molecule has 0 radical (unpaired) electrons. The Bertz CT molecular complexity index is 722. The number of nitrogens with zero attached hydrogens (tertiary/aromatic N) is 2. The first-order valence-corrected chi connectivity index (χ1v) is 9.68. The van der Waals surface area contributed by atoms with Crippen LogP contribution < -0.4 is 11.1 Å². The van der Waals surface area contributed by atoms with Gasteiger partial charge in [-0.2, -0.15) is 0 Å². The predicted octanol–water partition coefficient (Wildman–Crippen LogP) is 3.81. The van der Waals surface area contributed by atoms with Gasteiger partial charge in [0.05, 0.1) is 5.69 Å². The smallest absolute Gasteiger partial charge is 0.225 e. The van der Waals surface area contributed by atoms with Crippen molar-refractivity contribution in [1.29, 1.82) is 0 Å². The average molecular weight is 359 g/mol. The topological polar surface area (TPSA) is 72.9 Å². The number of nitrogens with two attached hydrogens (primary N) is 1. The largest absolute Gasteiger partial charge is 0.330 e. The lowest BCUT2D eigenvalue weighted by molar-refractivity contribution is -0.118. The van der Waals surface area contributed by atoms with E-state index in [1.54, 1.807) is 18.0 Å². The van der Waals surface area contributed by atoms with Gasteiger partial charge in [0.2, 0.25) is 5.91 Å². The first kappa shape index (κ1) is 18.0. The van der Waals surface area contributed by atoms with E-state index in [0.29, 0.717) is 13.0 Å². The van der Waals surface area contributed by atoms with Crippen LogP contribution in [0.5, 0.6) is 0 Å². The molecule has 25 heavy (non-hydrogen) atoms. The summed E-state index contributed by atoms with van der Waals surface area (Å²) in [6, 6.07) is 7.87. The highest BCUT2D eigenvalue weighted by atomic mass is 32.2. The highest BCUT2D eigenvalue weighted by molar-refractivity contribution is 7.99. The normalized spacial score (nSPS) is 16.6. The minimum absolute atomic E-state index is 0.0237. The van der Waals surface area contributed by atoms with E-state index in [0.717, 1.165) is 28.6 Å². The maximum Gasteiger partial charge on any atom is 0.225 e. The molecule has 1 amide bonds. The fourth-order valence-electron chi connectivity index (χ4n) is 3.50. The molecule has 1 aliphatic carbocycles. The third-order valence-electron chi connectivity index (χ3n) is 5.02. The van der Waals surface area contributed by atoms with E-state index in [-0.39, 0.29) is 11.3 Å². The molecule has 2 aromatic rings. The molecule has 134 valence electrons. The van der Waals surface area contributed by atoms with Gasteiger partial charge in [-0.3, -0.25) is 4.79 Å². The maximum absolute atomic E-state index is 12.7. The van der Waals surface area contributed by atoms with E-state index in [1.165, 1.54) is 19.3 Å². The molecule has 1 heterocycles. The van der Waals surface area contributed by atoms with Crippen molar-refractivity contribution in [2.24, 2.45) is 18.2 Å². The van der Waals surface area contributed by atoms with Crippen molar-refractivity contribution in [1.82, 2.24) is 9.55 Å². The zero-order valence-electron chi connectivity index (χ0n) is 14.7. The number of carbonyl (C=O) groups is 1. The minimum Gasteiger partial charge on any atom is -0.330 e. The fraction of sp³-hybridized carbons (Fsp3) is 0.474. The number of aryl methyl sites for hydroxylation is 1. The molecule has 0 aliphatic heterocycles. The lowest BCUT2D eigenvalue weighted by Gasteiger charge is -2.35. The summed E-state index contributed by atoms with van der Waals surface area (Å²) in [5.74, 6) is 0.0558. The summed E-state index contributed by atoms with van der Waals surface area (Å²) < 4.78 is 1.97. The number of imidazole rings is 1. The molecule has 1 aromatic carbocycles. The molecule has 3 N–H and O–H groups in total. The van der Waals surface area contributed by atoms with Crippen molar-refractivity contribution in [3.8, 4) is 0 Å². The molecule has 3 rings (SSSR count). The minimum atomic E-state index is -0.0237. The van der Waals surface area contributed by atoms with Gasteiger partial charge in [0.15, 0.2) is 5.16 Å². The van der Waals surface area contributed by atoms with E-state index < -0.39 is 0 Å². The second-order valence-electron chi connectivity index (χ2n) is 6.91. The van der Waals surface area contributed by atoms with E-state index in [2.05, 4.69) is 10.3 Å². The monoisotopic (exact) mass is 358 g/mol. The van der Waals surface area contributed by atoms with Crippen molar-refractivity contribution in [3.63, 3.8) is 0 Å². The molecule has 0 bridgehead atoms. The van der Waals surface area contributed by atoms with Gasteiger partial charge < -0.3 is 15.6 Å². The Hall–Kier alpha value is -1.79. The van der Waals surface area contributed by atoms with Crippen LogP contribution in [0.4, 0.5) is 5.69 Å². The SMILES string of the molecule is Cn1ccnc1Sc1ccccc1NC(=O)CC1(CN)CCCCC1. The van der Waals surface area contributed by atoms with Crippen LogP contribution in [-0.4, -0.2) is 22.0 Å². The summed E-state index contributed by atoms with van der Waals surface area (Å²) in [7, 11) is 1.96. The molecule has 0 spiro atoms. The highest BCUT2D eigenvalue weighted by Crippen LogP contribution is 2.39. The predicted molar refractivity (Wildman–Crippen MR) is 102 cm³/mol. The summed E-state index contributed by atoms with van der Waals surface area (Å²) in [6.45, 7) is 0.587. The number of hydrogen-bond donors (Lipinski definition) is 2. The molecule has 6 heteroatoms. The zero-order chi connectivity index (χ0) is 17.7. The number of hydrogen-bond acceptors (Lipinski definition) is 4. The number of amides is 1. The van der Waals surface area contributed by atoms with Gasteiger partial charge in [-0.15, -0.1) is 0 Å². The lowest BCUT2D eigenvalue weighted by Crippen LogP contribution is -2.36. The Balaban J connectivity index is 1.70. The van der Waals surface area contributed by atoms with Crippen molar-refractivity contribution in [2.45, 2.75) is 48.6 Å². The Morgan fingerprint density at radius 2 is 2.08 bits per heavy atom. The molecule has 1 fully saturated rings. The van der Waals surface area contributed by atoms with E-state index in [4.69, 9.17) is 5.73 Å². The van der Waals surface area contributed by atoms with Crippen molar-refractivity contribution < 1.29 is 4.79 Å². The van der Waals surface area contributed by atoms with Crippen LogP contribution in [0.1, 0.15) is 38.5 Å². The summed E-state index contributed by atoms with van der Waals surface area (Å²) in [5, 5.41) is 3.99. The second kappa shape index (κ2) is 8.06. The molecule has 0 atom stereocenters. The van der Waals surface area contributed by atoms with Crippen molar-refractivity contribution >= 4 is 23.4 Å². The van der Waals surface area contributed by atoms with Gasteiger partial charge in [-0.1, -0.05) is 31.4 Å². The third kappa shape index (κ3) is 4.44. The summed E-state index contributed by atoms with van der Waals surface area (Å²) in [6.07, 6.45) is 9.92. The summed E-state index contributed by atoms with van der Waals surface area (Å²) >= 11 is 1.55. The van der Waals surface area contributed by atoms with E-state index >= 15 is 0 Å². The molecule has 5 nitrogen and oxygen atoms in total. The number of rotatable bonds is 6. The number of nitrogens with one attached hydrogen (secondary N) is 1. The first-order valence-electron chi connectivity index (χ1n) is 8.86. The molecule has 1 aliphatic rings. The maximum atomic E-state index is 12.7. The standard InChI is InChI=1S/C19H26N4OS/c1-23-12-11-21-18(23)25-16-8-4-3-7-15(16)22-17(24)13-19(14-20)9-5-2-6-10-19/h3-4,7-8,11-12H,2,5-6,9-10,13-14,20H2,1H3,(H,22,24). The summed E-state index contributed by atoms with van der Waals surface area (Å²) in [5.41, 5.74) is 6.83. The quantitative estimate of drug-likeness (QED) is 0.823. The average Bonchev–Trinajstić information content (AvgIpc) is 3.02. The number of benzene rings is 1. The van der Waals surface area contributed by atoms with Gasteiger partial charge in [0, 0.05) is 30.8 Å². The summed E-state index contributed by atoms with van der Waals surface area (Å²) in [4.78, 5) is 18.0. The molecule has 1 aromatic heterocycles. The second-order valence-corrected chi connectivity index (χ2v) is 7.92. The zero-order valence-corrected chi connectivity index (χ0v) is 15.5. The molecule has 1 saturated carbocycles. The van der Waals surface area contributed by atoms with Gasteiger partial charge >= 0.3 is 0 Å². The van der Waals surface area contributed by atoms with Crippen LogP contribution in [-0.2, 0) is 11.8 Å². The van der Waals surface area contributed by atoms with Crippen molar-refractivity contribution in [3.05, 3.63) is 36.7 Å². The Kier molecular flexibility index (Phi) is 5.81. The molecule has 0 saturated heterocycles. The van der Waals surface area contributed by atoms with Crippen LogP contribution in [0.25, 0.3) is 0 Å².